The lowest BCUT2D eigenvalue weighted by Gasteiger charge is -2.11. The third-order valence-corrected chi connectivity index (χ3v) is 3.44. The Balaban J connectivity index is 2.66. The molecule has 0 atom stereocenters. The number of carbonyl (C=O) groups excluding carboxylic acids is 1. The van der Waals surface area contributed by atoms with Crippen molar-refractivity contribution in [1.82, 2.24) is 10.2 Å². The maximum atomic E-state index is 12.2. The second kappa shape index (κ2) is 9.66. The number of ether oxygens (including phenoxy) is 1. The standard InChI is InChI=1S/C15H21Cl2N3O2/c1-4-22-15(18-8-5-9-20(2)3)19-14(21)11-6-7-12(16)13(17)10-11/h6-7,10H,4-5,8-9H2,1-3H3,(H,18,19,21). The molecule has 7 heteroatoms. The van der Waals surface area contributed by atoms with Crippen LogP contribution in [0.1, 0.15) is 23.7 Å². The normalized spacial score (nSPS) is 11.6. The lowest BCUT2D eigenvalue weighted by Crippen LogP contribution is -2.33. The minimum atomic E-state index is -0.335. The molecule has 1 amide bonds. The Morgan fingerprint density at radius 2 is 2.05 bits per heavy atom. The summed E-state index contributed by atoms with van der Waals surface area (Å²) in [6, 6.07) is 4.90. The average molecular weight is 346 g/mol. The smallest absolute Gasteiger partial charge is 0.291 e. The number of hydrogen-bond acceptors (Lipinski definition) is 4. The van der Waals surface area contributed by atoms with Crippen molar-refractivity contribution in [3.63, 3.8) is 0 Å². The first kappa shape index (κ1) is 18.7. The fourth-order valence-corrected chi connectivity index (χ4v) is 1.93. The number of rotatable bonds is 6. The number of amidine groups is 1. The largest absolute Gasteiger partial charge is 0.465 e. The predicted molar refractivity (Wildman–Crippen MR) is 91.0 cm³/mol. The number of amides is 1. The number of carbonyl (C=O) groups is 1. The quantitative estimate of drug-likeness (QED) is 0.489. The van der Waals surface area contributed by atoms with Crippen LogP contribution in [-0.2, 0) is 4.74 Å². The number of nitrogens with zero attached hydrogens (tertiary/aromatic N) is 2. The highest BCUT2D eigenvalue weighted by Gasteiger charge is 2.11. The molecule has 122 valence electrons. The van der Waals surface area contributed by atoms with Crippen LogP contribution < -0.4 is 5.32 Å². The molecule has 0 heterocycles. The van der Waals surface area contributed by atoms with Gasteiger partial charge in [-0.2, -0.15) is 0 Å². The molecular formula is C15H21Cl2N3O2. The molecule has 1 aromatic carbocycles. The van der Waals surface area contributed by atoms with E-state index in [0.717, 1.165) is 13.0 Å². The van der Waals surface area contributed by atoms with E-state index in [-0.39, 0.29) is 11.9 Å². The summed E-state index contributed by atoms with van der Waals surface area (Å²) in [7, 11) is 4.00. The highest BCUT2D eigenvalue weighted by molar-refractivity contribution is 6.42. The van der Waals surface area contributed by atoms with Gasteiger partial charge in [-0.15, -0.1) is 0 Å². The summed E-state index contributed by atoms with van der Waals surface area (Å²) in [6.07, 6.45) is 0.881. The number of halogens is 2. The first-order chi connectivity index (χ1) is 10.4. The van der Waals surface area contributed by atoms with E-state index < -0.39 is 0 Å². The molecule has 22 heavy (non-hydrogen) atoms. The van der Waals surface area contributed by atoms with Crippen LogP contribution in [0.4, 0.5) is 0 Å². The minimum Gasteiger partial charge on any atom is -0.465 e. The van der Waals surface area contributed by atoms with Gasteiger partial charge in [0, 0.05) is 12.1 Å². The van der Waals surface area contributed by atoms with Gasteiger partial charge in [-0.3, -0.25) is 10.1 Å². The van der Waals surface area contributed by atoms with Crippen LogP contribution in [-0.4, -0.2) is 50.6 Å². The van der Waals surface area contributed by atoms with Gasteiger partial charge in [0.25, 0.3) is 11.9 Å². The van der Waals surface area contributed by atoms with Gasteiger partial charge >= 0.3 is 0 Å². The SMILES string of the molecule is CCOC(=NCCCN(C)C)NC(=O)c1ccc(Cl)c(Cl)c1. The van der Waals surface area contributed by atoms with Gasteiger partial charge in [0.15, 0.2) is 0 Å². The molecule has 1 rings (SSSR count). The van der Waals surface area contributed by atoms with Gasteiger partial charge in [-0.1, -0.05) is 23.2 Å². The molecule has 0 spiro atoms. The molecule has 0 fully saturated rings. The summed E-state index contributed by atoms with van der Waals surface area (Å²) in [5.74, 6) is -0.335. The summed E-state index contributed by atoms with van der Waals surface area (Å²) in [5.41, 5.74) is 0.398. The topological polar surface area (TPSA) is 53.9 Å². The van der Waals surface area contributed by atoms with Gasteiger partial charge < -0.3 is 9.64 Å². The number of aliphatic imine (C=N–C) groups is 1. The third kappa shape index (κ3) is 6.64. The van der Waals surface area contributed by atoms with Crippen LogP contribution in [0.5, 0.6) is 0 Å². The fourth-order valence-electron chi connectivity index (χ4n) is 1.63. The van der Waals surface area contributed by atoms with Crippen molar-refractivity contribution in [1.29, 1.82) is 0 Å². The monoisotopic (exact) mass is 345 g/mol. The molecule has 0 aliphatic carbocycles. The molecular weight excluding hydrogens is 325 g/mol. The van der Waals surface area contributed by atoms with E-state index in [1.807, 2.05) is 21.0 Å². The van der Waals surface area contributed by atoms with E-state index in [0.29, 0.717) is 28.8 Å². The molecule has 0 saturated carbocycles. The number of nitrogens with one attached hydrogen (secondary N) is 1. The highest BCUT2D eigenvalue weighted by Crippen LogP contribution is 2.22. The van der Waals surface area contributed by atoms with Crippen molar-refractivity contribution in [2.24, 2.45) is 4.99 Å². The molecule has 0 aliphatic rings. The van der Waals surface area contributed by atoms with Crippen LogP contribution in [0.3, 0.4) is 0 Å². The Bertz CT molecular complexity index is 534. The predicted octanol–water partition coefficient (Wildman–Crippen LogP) is 3.07. The van der Waals surface area contributed by atoms with Gasteiger partial charge in [0.2, 0.25) is 0 Å². The zero-order valence-corrected chi connectivity index (χ0v) is 14.5. The van der Waals surface area contributed by atoms with Crippen LogP contribution in [0.2, 0.25) is 10.0 Å². The van der Waals surface area contributed by atoms with E-state index in [4.69, 9.17) is 27.9 Å². The van der Waals surface area contributed by atoms with Gasteiger partial charge in [-0.05, 0) is 52.2 Å². The summed E-state index contributed by atoms with van der Waals surface area (Å²) in [6.45, 7) is 3.76. The molecule has 0 aliphatic heterocycles. The first-order valence-electron chi connectivity index (χ1n) is 7.02. The Morgan fingerprint density at radius 1 is 1.32 bits per heavy atom. The minimum absolute atomic E-state index is 0.220. The Morgan fingerprint density at radius 3 is 2.64 bits per heavy atom. The van der Waals surface area contributed by atoms with E-state index in [9.17, 15) is 4.79 Å². The zero-order valence-electron chi connectivity index (χ0n) is 13.0. The molecule has 0 unspecified atom stereocenters. The lowest BCUT2D eigenvalue weighted by atomic mass is 10.2. The van der Waals surface area contributed by atoms with Crippen molar-refractivity contribution < 1.29 is 9.53 Å². The Labute approximate surface area is 141 Å². The van der Waals surface area contributed by atoms with Gasteiger partial charge in [0.05, 0.1) is 16.7 Å². The molecule has 1 aromatic rings. The first-order valence-corrected chi connectivity index (χ1v) is 7.78. The molecule has 5 nitrogen and oxygen atoms in total. The maximum absolute atomic E-state index is 12.2. The molecule has 0 saturated heterocycles. The molecule has 0 bridgehead atoms. The molecule has 0 aromatic heterocycles. The van der Waals surface area contributed by atoms with Crippen molar-refractivity contribution >= 4 is 35.1 Å². The third-order valence-electron chi connectivity index (χ3n) is 2.70. The second-order valence-corrected chi connectivity index (χ2v) is 5.67. The highest BCUT2D eigenvalue weighted by atomic mass is 35.5. The van der Waals surface area contributed by atoms with Crippen molar-refractivity contribution in [3.05, 3.63) is 33.8 Å². The van der Waals surface area contributed by atoms with Crippen molar-refractivity contribution in [2.75, 3.05) is 33.8 Å². The number of hydrogen-bond donors (Lipinski definition) is 1. The fraction of sp³-hybridized carbons (Fsp3) is 0.467. The summed E-state index contributed by atoms with van der Waals surface area (Å²) in [4.78, 5) is 18.5. The molecule has 1 N–H and O–H groups in total. The van der Waals surface area contributed by atoms with Crippen molar-refractivity contribution in [3.8, 4) is 0 Å². The van der Waals surface area contributed by atoms with E-state index in [1.165, 1.54) is 6.07 Å². The molecule has 0 radical (unpaired) electrons. The maximum Gasteiger partial charge on any atom is 0.291 e. The van der Waals surface area contributed by atoms with E-state index in [1.54, 1.807) is 12.1 Å². The summed E-state index contributed by atoms with van der Waals surface area (Å²) >= 11 is 11.7. The summed E-state index contributed by atoms with van der Waals surface area (Å²) < 4.78 is 5.34. The van der Waals surface area contributed by atoms with Crippen molar-refractivity contribution in [2.45, 2.75) is 13.3 Å². The Kier molecular flexibility index (Phi) is 8.24. The average Bonchev–Trinajstić information content (AvgIpc) is 2.46. The van der Waals surface area contributed by atoms with Crippen LogP contribution >= 0.6 is 23.2 Å². The zero-order chi connectivity index (χ0) is 16.5. The van der Waals surface area contributed by atoms with Crippen LogP contribution in [0.15, 0.2) is 23.2 Å². The second-order valence-electron chi connectivity index (χ2n) is 4.86. The lowest BCUT2D eigenvalue weighted by molar-refractivity contribution is 0.0966. The van der Waals surface area contributed by atoms with Gasteiger partial charge in [-0.25, -0.2) is 4.99 Å². The number of benzene rings is 1. The Hall–Kier alpha value is -1.30. The van der Waals surface area contributed by atoms with E-state index in [2.05, 4.69) is 15.2 Å². The summed E-state index contributed by atoms with van der Waals surface area (Å²) in [5, 5.41) is 3.37. The van der Waals surface area contributed by atoms with Gasteiger partial charge in [0.1, 0.15) is 0 Å². The van der Waals surface area contributed by atoms with Crippen LogP contribution in [0.25, 0.3) is 0 Å². The van der Waals surface area contributed by atoms with E-state index >= 15 is 0 Å². The van der Waals surface area contributed by atoms with Crippen LogP contribution in [0, 0.1) is 0 Å².